The van der Waals surface area contributed by atoms with Gasteiger partial charge in [0.25, 0.3) is 0 Å². The average Bonchev–Trinajstić information content (AvgIpc) is 2.46. The molecule has 1 N–H and O–H groups in total. The maximum Gasteiger partial charge on any atom is 0.324 e. The fourth-order valence-electron chi connectivity index (χ4n) is 1.77. The van der Waals surface area contributed by atoms with E-state index in [1.807, 2.05) is 31.2 Å². The van der Waals surface area contributed by atoms with Gasteiger partial charge in [-0.1, -0.05) is 18.2 Å². The van der Waals surface area contributed by atoms with Crippen molar-refractivity contribution in [3.8, 4) is 5.75 Å². The van der Waals surface area contributed by atoms with E-state index in [1.54, 1.807) is 14.2 Å². The number of hydrogen-bond acceptors (Lipinski definition) is 3. The molecule has 6 heteroatoms. The lowest BCUT2D eigenvalue weighted by Gasteiger charge is -2.25. The summed E-state index contributed by atoms with van der Waals surface area (Å²) in [6.07, 6.45) is 0.628. The summed E-state index contributed by atoms with van der Waals surface area (Å²) >= 11 is 5.35. The number of halogens is 1. The maximum atomic E-state index is 11.8. The molecule has 0 aliphatic carbocycles. The first kappa shape index (κ1) is 16.3. The minimum absolute atomic E-state index is 0.0885. The Hall–Kier alpha value is -1.75. The summed E-state index contributed by atoms with van der Waals surface area (Å²) in [5.74, 6) is 0.0403. The van der Waals surface area contributed by atoms with Crippen LogP contribution in [-0.4, -0.2) is 42.9 Å². The number of carbonyl (C=O) groups excluding carboxylic acids is 2. The number of ether oxygens (including phenoxy) is 1. The number of benzene rings is 1. The number of nitrogens with one attached hydrogen (secondary N) is 1. The van der Waals surface area contributed by atoms with Crippen LogP contribution < -0.4 is 10.1 Å². The van der Waals surface area contributed by atoms with Crippen LogP contribution in [0.1, 0.15) is 12.5 Å². The van der Waals surface area contributed by atoms with Crippen LogP contribution in [0.25, 0.3) is 0 Å². The molecular formula is C14H19ClN2O3. The molecule has 0 fully saturated rings. The Kier molecular flexibility index (Phi) is 6.31. The molecule has 5 nitrogen and oxygen atoms in total. The molecule has 1 unspecified atom stereocenters. The maximum absolute atomic E-state index is 11.8. The number of imide groups is 1. The molecule has 0 aromatic heterocycles. The molecule has 1 rings (SSSR count). The van der Waals surface area contributed by atoms with Gasteiger partial charge in [-0.15, -0.1) is 11.6 Å². The minimum Gasteiger partial charge on any atom is -0.496 e. The largest absolute Gasteiger partial charge is 0.496 e. The van der Waals surface area contributed by atoms with Gasteiger partial charge in [0.1, 0.15) is 11.6 Å². The van der Waals surface area contributed by atoms with Crippen LogP contribution in [0.2, 0.25) is 0 Å². The molecule has 0 radical (unpaired) electrons. The first-order valence-electron chi connectivity index (χ1n) is 6.24. The van der Waals surface area contributed by atoms with E-state index in [4.69, 9.17) is 16.3 Å². The van der Waals surface area contributed by atoms with Crippen molar-refractivity contribution in [1.82, 2.24) is 10.2 Å². The smallest absolute Gasteiger partial charge is 0.324 e. The Morgan fingerprint density at radius 3 is 2.65 bits per heavy atom. The zero-order valence-electron chi connectivity index (χ0n) is 11.9. The van der Waals surface area contributed by atoms with Crippen LogP contribution in [0.3, 0.4) is 0 Å². The summed E-state index contributed by atoms with van der Waals surface area (Å²) in [5, 5.41) is 2.21. The number of amides is 3. The van der Waals surface area contributed by atoms with Gasteiger partial charge in [0, 0.05) is 13.1 Å². The number of urea groups is 1. The van der Waals surface area contributed by atoms with E-state index in [2.05, 4.69) is 5.32 Å². The predicted octanol–water partition coefficient (Wildman–Crippen LogP) is 2.03. The van der Waals surface area contributed by atoms with Crippen molar-refractivity contribution in [1.29, 1.82) is 0 Å². The third-order valence-electron chi connectivity index (χ3n) is 3.06. The quantitative estimate of drug-likeness (QED) is 0.846. The number of likely N-dealkylation sites (N-methyl/N-ethyl adjacent to an activating group) is 1. The van der Waals surface area contributed by atoms with Gasteiger partial charge in [-0.25, -0.2) is 4.79 Å². The van der Waals surface area contributed by atoms with Gasteiger partial charge in [0.05, 0.1) is 7.11 Å². The molecule has 0 aliphatic heterocycles. The van der Waals surface area contributed by atoms with Gasteiger partial charge in [0.2, 0.25) is 5.91 Å². The zero-order chi connectivity index (χ0) is 15.1. The summed E-state index contributed by atoms with van der Waals surface area (Å²) in [7, 11) is 3.25. The Labute approximate surface area is 123 Å². The van der Waals surface area contributed by atoms with Crippen molar-refractivity contribution in [2.75, 3.05) is 20.0 Å². The molecule has 0 heterocycles. The molecule has 0 saturated carbocycles. The van der Waals surface area contributed by atoms with Crippen molar-refractivity contribution >= 4 is 23.5 Å². The van der Waals surface area contributed by atoms with Gasteiger partial charge in [0.15, 0.2) is 0 Å². The highest BCUT2D eigenvalue weighted by molar-refractivity contribution is 6.28. The Bertz CT molecular complexity index is 479. The molecule has 1 aromatic carbocycles. The number of alkyl halides is 1. The molecule has 1 atom stereocenters. The average molecular weight is 299 g/mol. The summed E-state index contributed by atoms with van der Waals surface area (Å²) < 4.78 is 5.28. The first-order valence-corrected chi connectivity index (χ1v) is 6.77. The highest BCUT2D eigenvalue weighted by Crippen LogP contribution is 2.20. The summed E-state index contributed by atoms with van der Waals surface area (Å²) in [6, 6.07) is 7.08. The number of nitrogens with zero attached hydrogens (tertiary/aromatic N) is 1. The predicted molar refractivity (Wildman–Crippen MR) is 78.2 cm³/mol. The second-order valence-corrected chi connectivity index (χ2v) is 4.73. The van der Waals surface area contributed by atoms with Crippen molar-refractivity contribution < 1.29 is 14.3 Å². The molecule has 0 bridgehead atoms. The van der Waals surface area contributed by atoms with Gasteiger partial charge >= 0.3 is 6.03 Å². The molecule has 110 valence electrons. The van der Waals surface area contributed by atoms with E-state index in [1.165, 1.54) is 4.90 Å². The second-order valence-electron chi connectivity index (χ2n) is 4.46. The third kappa shape index (κ3) is 4.42. The van der Waals surface area contributed by atoms with E-state index in [0.717, 1.165) is 11.3 Å². The number of carbonyl (C=O) groups is 2. The zero-order valence-corrected chi connectivity index (χ0v) is 12.6. The van der Waals surface area contributed by atoms with Crippen molar-refractivity contribution in [2.45, 2.75) is 19.4 Å². The Morgan fingerprint density at radius 1 is 1.40 bits per heavy atom. The van der Waals surface area contributed by atoms with E-state index < -0.39 is 11.9 Å². The van der Waals surface area contributed by atoms with E-state index in [0.29, 0.717) is 6.42 Å². The van der Waals surface area contributed by atoms with Crippen LogP contribution in [0.5, 0.6) is 5.75 Å². The van der Waals surface area contributed by atoms with Gasteiger partial charge < -0.3 is 9.64 Å². The number of para-hydroxylation sites is 1. The number of rotatable bonds is 5. The number of methoxy groups -OCH3 is 1. The van der Waals surface area contributed by atoms with Gasteiger partial charge in [-0.05, 0) is 25.0 Å². The lowest BCUT2D eigenvalue weighted by molar-refractivity contribution is -0.117. The fourth-order valence-corrected chi connectivity index (χ4v) is 1.83. The van der Waals surface area contributed by atoms with Crippen LogP contribution >= 0.6 is 11.6 Å². The highest BCUT2D eigenvalue weighted by Gasteiger charge is 2.18. The fraction of sp³-hybridized carbons (Fsp3) is 0.429. The molecular weight excluding hydrogens is 280 g/mol. The highest BCUT2D eigenvalue weighted by atomic mass is 35.5. The molecule has 0 spiro atoms. The second kappa shape index (κ2) is 7.75. The van der Waals surface area contributed by atoms with Crippen molar-refractivity contribution in [3.63, 3.8) is 0 Å². The van der Waals surface area contributed by atoms with Crippen LogP contribution in [0.4, 0.5) is 4.79 Å². The first-order chi connectivity index (χ1) is 9.49. The Morgan fingerprint density at radius 2 is 2.05 bits per heavy atom. The lowest BCUT2D eigenvalue weighted by atomic mass is 10.1. The monoisotopic (exact) mass is 298 g/mol. The molecule has 0 aliphatic rings. The van der Waals surface area contributed by atoms with Gasteiger partial charge in [-0.3, -0.25) is 10.1 Å². The molecule has 0 saturated heterocycles. The third-order valence-corrected chi connectivity index (χ3v) is 3.30. The van der Waals surface area contributed by atoms with Crippen LogP contribution in [0.15, 0.2) is 24.3 Å². The summed E-state index contributed by atoms with van der Waals surface area (Å²) in [4.78, 5) is 24.4. The van der Waals surface area contributed by atoms with Crippen LogP contribution in [-0.2, 0) is 11.2 Å². The summed E-state index contributed by atoms with van der Waals surface area (Å²) in [6.45, 7) is 1.90. The molecule has 1 aromatic rings. The van der Waals surface area contributed by atoms with Crippen LogP contribution in [0, 0.1) is 0 Å². The van der Waals surface area contributed by atoms with Gasteiger partial charge in [-0.2, -0.15) is 0 Å². The summed E-state index contributed by atoms with van der Waals surface area (Å²) in [5.41, 5.74) is 1.01. The number of hydrogen-bond donors (Lipinski definition) is 1. The van der Waals surface area contributed by atoms with E-state index in [9.17, 15) is 9.59 Å². The SMILES string of the molecule is COc1ccccc1CC(C)N(C)C(=O)NC(=O)CCl. The van der Waals surface area contributed by atoms with Crippen molar-refractivity contribution in [3.05, 3.63) is 29.8 Å². The van der Waals surface area contributed by atoms with E-state index in [-0.39, 0.29) is 11.9 Å². The Balaban J connectivity index is 2.67. The minimum atomic E-state index is -0.506. The normalized spacial score (nSPS) is 11.6. The topological polar surface area (TPSA) is 58.6 Å². The molecule has 20 heavy (non-hydrogen) atoms. The van der Waals surface area contributed by atoms with Crippen molar-refractivity contribution in [2.24, 2.45) is 0 Å². The standard InChI is InChI=1S/C14H19ClN2O3/c1-10(17(2)14(19)16-13(18)9-15)8-11-6-4-5-7-12(11)20-3/h4-7,10H,8-9H2,1-3H3,(H,16,18,19). The van der Waals surface area contributed by atoms with E-state index >= 15 is 0 Å². The molecule has 3 amide bonds. The lowest BCUT2D eigenvalue weighted by Crippen LogP contribution is -2.45.